The molecular formula is C40H56O3. The summed E-state index contributed by atoms with van der Waals surface area (Å²) in [5, 5.41) is 0. The number of esters is 1. The molecule has 3 rings (SSSR count). The van der Waals surface area contributed by atoms with Crippen molar-refractivity contribution in [2.45, 2.75) is 130 Å². The average Bonchev–Trinajstić information content (AvgIpc) is 3.04. The lowest BCUT2D eigenvalue weighted by atomic mass is 10.0. The highest BCUT2D eigenvalue weighted by Gasteiger charge is 2.11. The van der Waals surface area contributed by atoms with Gasteiger partial charge in [-0.1, -0.05) is 152 Å². The van der Waals surface area contributed by atoms with Crippen LogP contribution in [0.2, 0.25) is 0 Å². The molecule has 0 N–H and O–H groups in total. The molecule has 1 atom stereocenters. The van der Waals surface area contributed by atoms with E-state index in [9.17, 15) is 4.79 Å². The van der Waals surface area contributed by atoms with Crippen LogP contribution in [0.5, 0.6) is 5.75 Å². The van der Waals surface area contributed by atoms with Crippen LogP contribution in [0.3, 0.4) is 0 Å². The Bertz CT molecular complexity index is 1130. The van der Waals surface area contributed by atoms with E-state index in [1.807, 2.05) is 48.5 Å². The average molecular weight is 585 g/mol. The zero-order valence-electron chi connectivity index (χ0n) is 27.3. The first kappa shape index (κ1) is 34.6. The van der Waals surface area contributed by atoms with E-state index in [1.165, 1.54) is 89.0 Å². The van der Waals surface area contributed by atoms with Gasteiger partial charge in [0, 0.05) is 6.61 Å². The summed E-state index contributed by atoms with van der Waals surface area (Å²) in [6.45, 7) is 7.34. The van der Waals surface area contributed by atoms with Crippen LogP contribution < -0.4 is 4.74 Å². The maximum Gasteiger partial charge on any atom is 0.343 e. The van der Waals surface area contributed by atoms with E-state index in [-0.39, 0.29) is 12.1 Å². The minimum absolute atomic E-state index is 0.00984. The Morgan fingerprint density at radius 2 is 1.07 bits per heavy atom. The molecule has 0 aromatic heterocycles. The predicted octanol–water partition coefficient (Wildman–Crippen LogP) is 12.1. The Labute approximate surface area is 262 Å². The van der Waals surface area contributed by atoms with Crippen molar-refractivity contribution in [3.63, 3.8) is 0 Å². The molecule has 3 nitrogen and oxygen atoms in total. The maximum atomic E-state index is 12.7. The molecule has 0 amide bonds. The second-order valence-electron chi connectivity index (χ2n) is 12.1. The molecule has 0 saturated carbocycles. The first-order valence-corrected chi connectivity index (χ1v) is 17.2. The predicted molar refractivity (Wildman–Crippen MR) is 182 cm³/mol. The smallest absolute Gasteiger partial charge is 0.343 e. The zero-order valence-corrected chi connectivity index (χ0v) is 27.3. The number of benzene rings is 3. The molecule has 0 spiro atoms. The van der Waals surface area contributed by atoms with Crippen LogP contribution in [0, 0.1) is 0 Å². The van der Waals surface area contributed by atoms with Gasteiger partial charge in [-0.3, -0.25) is 0 Å². The van der Waals surface area contributed by atoms with E-state index in [0.717, 1.165) is 42.6 Å². The van der Waals surface area contributed by atoms with Crippen molar-refractivity contribution in [1.29, 1.82) is 0 Å². The van der Waals surface area contributed by atoms with Gasteiger partial charge in [-0.05, 0) is 66.3 Å². The number of unbranched alkanes of at least 4 members (excludes halogenated alkanes) is 13. The van der Waals surface area contributed by atoms with Crippen LogP contribution >= 0.6 is 0 Å². The standard InChI is InChI=1S/C40H56O3/c1-4-6-7-8-9-10-11-12-13-14-15-16-17-18-32-42-33(3)35-24-26-38(27-25-35)40(41)43-39-30-28-37(29-31-39)36-22-20-34(19-5-2)21-23-36/h20-31,33H,4-19,32H2,1-3H3. The lowest BCUT2D eigenvalue weighted by Crippen LogP contribution is -2.09. The molecule has 3 aromatic carbocycles. The van der Waals surface area contributed by atoms with Crippen LogP contribution in [0.1, 0.15) is 145 Å². The van der Waals surface area contributed by atoms with Gasteiger partial charge in [0.15, 0.2) is 0 Å². The minimum atomic E-state index is -0.348. The number of carbonyl (C=O) groups excluding carboxylic acids is 1. The van der Waals surface area contributed by atoms with Gasteiger partial charge in [-0.25, -0.2) is 4.79 Å². The number of hydrogen-bond donors (Lipinski definition) is 0. The van der Waals surface area contributed by atoms with Gasteiger partial charge in [0.25, 0.3) is 0 Å². The fourth-order valence-electron chi connectivity index (χ4n) is 5.58. The zero-order chi connectivity index (χ0) is 30.5. The van der Waals surface area contributed by atoms with E-state index < -0.39 is 0 Å². The molecule has 0 radical (unpaired) electrons. The molecule has 0 aliphatic heterocycles. The summed E-state index contributed by atoms with van der Waals surface area (Å²) in [7, 11) is 0. The number of hydrogen-bond acceptors (Lipinski definition) is 3. The third-order valence-corrected chi connectivity index (χ3v) is 8.37. The molecular weight excluding hydrogens is 528 g/mol. The monoisotopic (exact) mass is 584 g/mol. The van der Waals surface area contributed by atoms with Crippen molar-refractivity contribution in [2.24, 2.45) is 0 Å². The van der Waals surface area contributed by atoms with Crippen molar-refractivity contribution in [2.75, 3.05) is 6.61 Å². The van der Waals surface area contributed by atoms with Gasteiger partial charge in [-0.2, -0.15) is 0 Å². The minimum Gasteiger partial charge on any atom is -0.423 e. The quantitative estimate of drug-likeness (QED) is 0.0669. The first-order chi connectivity index (χ1) is 21.1. The van der Waals surface area contributed by atoms with Crippen molar-refractivity contribution < 1.29 is 14.3 Å². The molecule has 0 saturated heterocycles. The molecule has 0 heterocycles. The summed E-state index contributed by atoms with van der Waals surface area (Å²) in [5.74, 6) is 0.199. The van der Waals surface area contributed by atoms with Gasteiger partial charge < -0.3 is 9.47 Å². The van der Waals surface area contributed by atoms with E-state index in [4.69, 9.17) is 9.47 Å². The van der Waals surface area contributed by atoms with Gasteiger partial charge in [0.1, 0.15) is 5.75 Å². The highest BCUT2D eigenvalue weighted by atomic mass is 16.5. The van der Waals surface area contributed by atoms with Crippen molar-refractivity contribution in [3.05, 3.63) is 89.5 Å². The normalized spacial score (nSPS) is 11.9. The topological polar surface area (TPSA) is 35.5 Å². The van der Waals surface area contributed by atoms with E-state index >= 15 is 0 Å². The third-order valence-electron chi connectivity index (χ3n) is 8.37. The maximum absolute atomic E-state index is 12.7. The number of aryl methyl sites for hydroxylation is 1. The second-order valence-corrected chi connectivity index (χ2v) is 12.1. The van der Waals surface area contributed by atoms with E-state index in [0.29, 0.717) is 11.3 Å². The Balaban J connectivity index is 1.27. The Kier molecular flexibility index (Phi) is 16.8. The molecule has 3 heteroatoms. The molecule has 0 aliphatic carbocycles. The van der Waals surface area contributed by atoms with Gasteiger partial charge in [-0.15, -0.1) is 0 Å². The molecule has 1 unspecified atom stereocenters. The fourth-order valence-corrected chi connectivity index (χ4v) is 5.58. The number of ether oxygens (including phenoxy) is 2. The summed E-state index contributed by atoms with van der Waals surface area (Å²) < 4.78 is 11.7. The van der Waals surface area contributed by atoms with E-state index in [2.05, 4.69) is 45.0 Å². The van der Waals surface area contributed by atoms with Crippen molar-refractivity contribution in [1.82, 2.24) is 0 Å². The highest BCUT2D eigenvalue weighted by Crippen LogP contribution is 2.24. The van der Waals surface area contributed by atoms with Crippen molar-refractivity contribution in [3.8, 4) is 16.9 Å². The Morgan fingerprint density at radius 3 is 1.58 bits per heavy atom. The molecule has 0 bridgehead atoms. The molecule has 43 heavy (non-hydrogen) atoms. The molecule has 0 fully saturated rings. The SMILES string of the molecule is CCCCCCCCCCCCCCCCOC(C)c1ccc(C(=O)Oc2ccc(-c3ccc(CCC)cc3)cc2)cc1. The number of carbonyl (C=O) groups is 1. The summed E-state index contributed by atoms with van der Waals surface area (Å²) in [6, 6.07) is 24.0. The molecule has 0 aliphatic rings. The third kappa shape index (κ3) is 13.5. The van der Waals surface area contributed by atoms with Crippen LogP contribution in [-0.2, 0) is 11.2 Å². The fraction of sp³-hybridized carbons (Fsp3) is 0.525. The largest absolute Gasteiger partial charge is 0.423 e. The van der Waals surface area contributed by atoms with Gasteiger partial charge in [0.2, 0.25) is 0 Å². The second kappa shape index (κ2) is 20.9. The summed E-state index contributed by atoms with van der Waals surface area (Å²) in [5.41, 5.74) is 5.24. The van der Waals surface area contributed by atoms with Gasteiger partial charge in [0.05, 0.1) is 11.7 Å². The summed E-state index contributed by atoms with van der Waals surface area (Å²) >= 11 is 0. The van der Waals surface area contributed by atoms with Gasteiger partial charge >= 0.3 is 5.97 Å². The van der Waals surface area contributed by atoms with Crippen LogP contribution in [-0.4, -0.2) is 12.6 Å². The lowest BCUT2D eigenvalue weighted by molar-refractivity contribution is 0.0626. The first-order valence-electron chi connectivity index (χ1n) is 17.2. The highest BCUT2D eigenvalue weighted by molar-refractivity contribution is 5.91. The van der Waals surface area contributed by atoms with Crippen LogP contribution in [0.4, 0.5) is 0 Å². The Morgan fingerprint density at radius 1 is 0.581 bits per heavy atom. The number of rotatable bonds is 22. The summed E-state index contributed by atoms with van der Waals surface area (Å²) in [6.07, 6.45) is 21.3. The molecule has 3 aromatic rings. The van der Waals surface area contributed by atoms with Crippen molar-refractivity contribution >= 4 is 5.97 Å². The Hall–Kier alpha value is -2.91. The molecule has 234 valence electrons. The summed E-state index contributed by atoms with van der Waals surface area (Å²) in [4.78, 5) is 12.7. The van der Waals surface area contributed by atoms with Crippen LogP contribution in [0.15, 0.2) is 72.8 Å². The lowest BCUT2D eigenvalue weighted by Gasteiger charge is -2.14. The van der Waals surface area contributed by atoms with E-state index in [1.54, 1.807) is 0 Å². The van der Waals surface area contributed by atoms with Crippen LogP contribution in [0.25, 0.3) is 11.1 Å².